The molecule has 34 heavy (non-hydrogen) atoms. The van der Waals surface area contributed by atoms with Crippen molar-refractivity contribution in [2.24, 2.45) is 0 Å². The van der Waals surface area contributed by atoms with Crippen molar-refractivity contribution in [3.8, 4) is 16.9 Å². The molecule has 1 atom stereocenters. The van der Waals surface area contributed by atoms with E-state index in [2.05, 4.69) is 4.98 Å². The number of aromatic nitrogens is 2. The molecule has 9 nitrogen and oxygen atoms in total. The van der Waals surface area contributed by atoms with Crippen LogP contribution in [0, 0.1) is 6.92 Å². The molecule has 2 heterocycles. The Kier molecular flexibility index (Phi) is 6.51. The van der Waals surface area contributed by atoms with Crippen molar-refractivity contribution in [1.29, 1.82) is 0 Å². The van der Waals surface area contributed by atoms with Crippen LogP contribution in [-0.4, -0.2) is 37.8 Å². The van der Waals surface area contributed by atoms with Crippen molar-refractivity contribution in [3.63, 3.8) is 0 Å². The fourth-order valence-corrected chi connectivity index (χ4v) is 5.60. The van der Waals surface area contributed by atoms with Crippen LogP contribution in [0.2, 0.25) is 0 Å². The Morgan fingerprint density at radius 3 is 2.47 bits per heavy atom. The van der Waals surface area contributed by atoms with Gasteiger partial charge in [0.05, 0.1) is 11.3 Å². The van der Waals surface area contributed by atoms with E-state index in [0.29, 0.717) is 22.0 Å². The maximum atomic E-state index is 13.4. The summed E-state index contributed by atoms with van der Waals surface area (Å²) >= 11 is -2.03. The maximum Gasteiger partial charge on any atom is 0.341 e. The highest BCUT2D eigenvalue weighted by Crippen LogP contribution is 2.35. The number of benzene rings is 2. The van der Waals surface area contributed by atoms with Gasteiger partial charge < -0.3 is 18.4 Å². The first kappa shape index (κ1) is 23.6. The fraction of sp³-hybridized carbons (Fsp3) is 0.130. The van der Waals surface area contributed by atoms with Gasteiger partial charge in [-0.05, 0) is 48.4 Å². The Balaban J connectivity index is 1.82. The summed E-state index contributed by atoms with van der Waals surface area (Å²) in [7, 11) is -4.36. The van der Waals surface area contributed by atoms with Crippen molar-refractivity contribution in [2.75, 3.05) is 0 Å². The molecule has 0 aliphatic carbocycles. The molecule has 11 heteroatoms. The molecule has 0 aliphatic heterocycles. The number of nitrogens with zero attached hydrogens (tertiary/aromatic N) is 2. The summed E-state index contributed by atoms with van der Waals surface area (Å²) in [4.78, 5) is 15.4. The third-order valence-electron chi connectivity index (χ3n) is 5.22. The van der Waals surface area contributed by atoms with E-state index in [-0.39, 0.29) is 22.1 Å². The van der Waals surface area contributed by atoms with Gasteiger partial charge in [-0.15, -0.1) is 0 Å². The lowest BCUT2D eigenvalue weighted by atomic mass is 10.1. The standard InChI is InChI=1S/C23H20N2O7S2/c1-15-23(34(30,31)32-19-7-4-16(5-8-19)14-33(28)29)20-11-17(18-3-2-10-24-12-18)6-9-21(20)25(15)13-22(26)27/h2-12H,13-14H2,1H3,(H,26,27)(H,28,29). The van der Waals surface area contributed by atoms with Gasteiger partial charge >= 0.3 is 16.1 Å². The van der Waals surface area contributed by atoms with Gasteiger partial charge in [0.2, 0.25) is 0 Å². The highest BCUT2D eigenvalue weighted by Gasteiger charge is 2.28. The predicted octanol–water partition coefficient (Wildman–Crippen LogP) is 3.59. The quantitative estimate of drug-likeness (QED) is 0.277. The summed E-state index contributed by atoms with van der Waals surface area (Å²) in [6, 6.07) is 14.5. The largest absolute Gasteiger partial charge is 0.480 e. The minimum Gasteiger partial charge on any atom is -0.480 e. The fourth-order valence-electron chi connectivity index (χ4n) is 3.77. The van der Waals surface area contributed by atoms with E-state index in [4.69, 9.17) is 8.74 Å². The molecule has 0 saturated heterocycles. The zero-order valence-electron chi connectivity index (χ0n) is 17.9. The Bertz CT molecular complexity index is 1500. The van der Waals surface area contributed by atoms with Crippen LogP contribution in [0.1, 0.15) is 11.3 Å². The Morgan fingerprint density at radius 2 is 1.85 bits per heavy atom. The molecule has 2 aromatic carbocycles. The van der Waals surface area contributed by atoms with Gasteiger partial charge in [-0.1, -0.05) is 24.3 Å². The third-order valence-corrected chi connectivity index (χ3v) is 7.23. The summed E-state index contributed by atoms with van der Waals surface area (Å²) in [5, 5.41) is 9.70. The van der Waals surface area contributed by atoms with E-state index in [1.807, 2.05) is 6.07 Å². The molecule has 4 rings (SSSR count). The number of aliphatic carboxylic acids is 1. The molecule has 0 bridgehead atoms. The summed E-state index contributed by atoms with van der Waals surface area (Å²) in [6.45, 7) is 1.11. The second kappa shape index (κ2) is 9.37. The minimum atomic E-state index is -4.36. The number of fused-ring (bicyclic) bond motifs is 1. The smallest absolute Gasteiger partial charge is 0.341 e. The van der Waals surface area contributed by atoms with Crippen molar-refractivity contribution in [3.05, 3.63) is 78.2 Å². The summed E-state index contributed by atoms with van der Waals surface area (Å²) in [5.74, 6) is -1.18. The van der Waals surface area contributed by atoms with Gasteiger partial charge in [0.15, 0.2) is 11.1 Å². The lowest BCUT2D eigenvalue weighted by Gasteiger charge is -2.09. The minimum absolute atomic E-state index is 0.0226. The first-order valence-corrected chi connectivity index (χ1v) is 12.7. The average Bonchev–Trinajstić information content (AvgIpc) is 3.06. The van der Waals surface area contributed by atoms with Gasteiger partial charge in [-0.25, -0.2) is 4.21 Å². The molecule has 0 fully saturated rings. The number of carboxylic acids is 1. The SMILES string of the molecule is Cc1c(S(=O)(=O)Oc2ccc(CS(=O)O)cc2)c2cc(-c3cccnc3)ccc2n1CC(=O)O. The highest BCUT2D eigenvalue weighted by molar-refractivity contribution is 7.87. The lowest BCUT2D eigenvalue weighted by molar-refractivity contribution is -0.137. The number of hydrogen-bond donors (Lipinski definition) is 2. The van der Waals surface area contributed by atoms with Crippen molar-refractivity contribution < 1.29 is 31.3 Å². The molecule has 4 aromatic rings. The summed E-state index contributed by atoms with van der Waals surface area (Å²) in [6.07, 6.45) is 3.27. The van der Waals surface area contributed by atoms with Gasteiger partial charge in [-0.3, -0.25) is 9.78 Å². The second-order valence-electron chi connectivity index (χ2n) is 7.52. The molecule has 0 radical (unpaired) electrons. The van der Waals surface area contributed by atoms with Crippen molar-refractivity contribution in [2.45, 2.75) is 24.1 Å². The number of carboxylic acid groups (broad SMARTS) is 1. The topological polar surface area (TPSA) is 136 Å². The first-order valence-electron chi connectivity index (χ1n) is 10.0. The number of carbonyl (C=O) groups is 1. The van der Waals surface area contributed by atoms with Crippen molar-refractivity contribution >= 4 is 38.1 Å². The van der Waals surface area contributed by atoms with E-state index in [0.717, 1.165) is 5.56 Å². The van der Waals surface area contributed by atoms with Crippen molar-refractivity contribution in [1.82, 2.24) is 9.55 Å². The van der Waals surface area contributed by atoms with Crippen LogP contribution in [0.5, 0.6) is 5.75 Å². The van der Waals surface area contributed by atoms with Gasteiger partial charge in [0, 0.05) is 29.0 Å². The molecule has 2 N–H and O–H groups in total. The lowest BCUT2D eigenvalue weighted by Crippen LogP contribution is -2.13. The predicted molar refractivity (Wildman–Crippen MR) is 126 cm³/mol. The molecular weight excluding hydrogens is 480 g/mol. The monoisotopic (exact) mass is 500 g/mol. The maximum absolute atomic E-state index is 13.4. The van der Waals surface area contributed by atoms with Crippen LogP contribution >= 0.6 is 0 Å². The van der Waals surface area contributed by atoms with Crippen LogP contribution in [0.15, 0.2) is 71.9 Å². The van der Waals surface area contributed by atoms with E-state index in [9.17, 15) is 22.5 Å². The third kappa shape index (κ3) is 4.86. The van der Waals surface area contributed by atoms with Crippen LogP contribution in [0.4, 0.5) is 0 Å². The Hall–Kier alpha value is -3.54. The zero-order valence-corrected chi connectivity index (χ0v) is 19.5. The average molecular weight is 501 g/mol. The molecule has 2 aromatic heterocycles. The molecule has 0 saturated carbocycles. The number of rotatable bonds is 8. The molecule has 176 valence electrons. The van der Waals surface area contributed by atoms with Crippen LogP contribution in [0.25, 0.3) is 22.0 Å². The van der Waals surface area contributed by atoms with Gasteiger partial charge in [0.25, 0.3) is 0 Å². The first-order chi connectivity index (χ1) is 16.2. The molecule has 0 aliphatic rings. The Labute approximate surface area is 198 Å². The molecular formula is C23H20N2O7S2. The number of pyridine rings is 1. The molecule has 0 spiro atoms. The van der Waals surface area contributed by atoms with E-state index < -0.39 is 33.7 Å². The van der Waals surface area contributed by atoms with Crippen LogP contribution < -0.4 is 4.18 Å². The van der Waals surface area contributed by atoms with Crippen LogP contribution in [0.3, 0.4) is 0 Å². The van der Waals surface area contributed by atoms with Crippen LogP contribution in [-0.2, 0) is 38.3 Å². The zero-order chi connectivity index (χ0) is 24.5. The van der Waals surface area contributed by atoms with E-state index >= 15 is 0 Å². The molecule has 0 amide bonds. The van der Waals surface area contributed by atoms with E-state index in [1.54, 1.807) is 36.7 Å². The Morgan fingerprint density at radius 1 is 1.12 bits per heavy atom. The normalized spacial score (nSPS) is 12.5. The summed E-state index contributed by atoms with van der Waals surface area (Å²) < 4.78 is 53.5. The number of hydrogen-bond acceptors (Lipinski definition) is 6. The van der Waals surface area contributed by atoms with E-state index in [1.165, 1.54) is 35.8 Å². The van der Waals surface area contributed by atoms with Gasteiger partial charge in [0.1, 0.15) is 17.2 Å². The van der Waals surface area contributed by atoms with Gasteiger partial charge in [-0.2, -0.15) is 8.42 Å². The molecule has 1 unspecified atom stereocenters. The second-order valence-corrected chi connectivity index (χ2v) is 9.93. The summed E-state index contributed by atoms with van der Waals surface area (Å²) in [5.41, 5.74) is 2.70. The highest BCUT2D eigenvalue weighted by atomic mass is 32.2.